The van der Waals surface area contributed by atoms with Crippen LogP contribution in [0.5, 0.6) is 0 Å². The van der Waals surface area contributed by atoms with Crippen LogP contribution >= 0.6 is 23.1 Å². The first-order valence-electron chi connectivity index (χ1n) is 9.14. The Balaban J connectivity index is 2.21. The molecule has 2 aromatic rings. The number of thioether (sulfide) groups is 1. The van der Waals surface area contributed by atoms with Crippen molar-refractivity contribution >= 4 is 45.9 Å². The Morgan fingerprint density at radius 1 is 1.33 bits per heavy atom. The number of carbonyl (C=O) groups is 3. The second-order valence-electron chi connectivity index (χ2n) is 6.44. The van der Waals surface area contributed by atoms with Crippen molar-refractivity contribution in [1.82, 2.24) is 19.7 Å². The summed E-state index contributed by atoms with van der Waals surface area (Å²) in [6.07, 6.45) is 2.46. The van der Waals surface area contributed by atoms with Gasteiger partial charge in [0.05, 0.1) is 23.3 Å². The van der Waals surface area contributed by atoms with Gasteiger partial charge in [0, 0.05) is 27.1 Å². The van der Waals surface area contributed by atoms with E-state index in [1.807, 2.05) is 11.5 Å². The van der Waals surface area contributed by atoms with Crippen molar-refractivity contribution in [2.45, 2.75) is 32.0 Å². The highest BCUT2D eigenvalue weighted by Gasteiger charge is 2.27. The molecule has 0 aliphatic carbocycles. The molecule has 162 valence electrons. The van der Waals surface area contributed by atoms with Crippen LogP contribution in [0.1, 0.15) is 38.3 Å². The van der Waals surface area contributed by atoms with Gasteiger partial charge in [0.2, 0.25) is 5.91 Å². The predicted octanol–water partition coefficient (Wildman–Crippen LogP) is 2.62. The van der Waals surface area contributed by atoms with Crippen LogP contribution in [0, 0.1) is 6.92 Å². The van der Waals surface area contributed by atoms with Gasteiger partial charge >= 0.3 is 5.97 Å². The fourth-order valence-electron chi connectivity index (χ4n) is 2.65. The van der Waals surface area contributed by atoms with Crippen LogP contribution in [0.2, 0.25) is 0 Å². The molecule has 0 bridgehead atoms. The summed E-state index contributed by atoms with van der Waals surface area (Å²) in [5.74, 6) is -0.314. The molecule has 0 aliphatic rings. The van der Waals surface area contributed by atoms with Gasteiger partial charge in [0.15, 0.2) is 5.16 Å². The summed E-state index contributed by atoms with van der Waals surface area (Å²) in [6, 6.07) is 0. The van der Waals surface area contributed by atoms with Crippen LogP contribution in [-0.4, -0.2) is 64.4 Å². The van der Waals surface area contributed by atoms with Crippen molar-refractivity contribution < 1.29 is 19.1 Å². The number of anilines is 1. The summed E-state index contributed by atoms with van der Waals surface area (Å²) in [6.45, 7) is 7.92. The molecule has 2 amide bonds. The van der Waals surface area contributed by atoms with E-state index in [0.717, 1.165) is 17.2 Å². The molecule has 0 saturated carbocycles. The van der Waals surface area contributed by atoms with Gasteiger partial charge in [-0.05, 0) is 12.5 Å². The molecule has 30 heavy (non-hydrogen) atoms. The topological polar surface area (TPSA) is 106 Å². The molecule has 0 unspecified atom stereocenters. The number of nitrogens with one attached hydrogen (secondary N) is 1. The smallest absolute Gasteiger partial charge is 0.341 e. The lowest BCUT2D eigenvalue weighted by Crippen LogP contribution is -2.21. The molecule has 2 rings (SSSR count). The number of amides is 2. The van der Waals surface area contributed by atoms with E-state index in [0.29, 0.717) is 28.6 Å². The van der Waals surface area contributed by atoms with Gasteiger partial charge in [-0.3, -0.25) is 9.59 Å². The van der Waals surface area contributed by atoms with Crippen molar-refractivity contribution in [3.63, 3.8) is 0 Å². The van der Waals surface area contributed by atoms with Crippen LogP contribution in [0.25, 0.3) is 0 Å². The lowest BCUT2D eigenvalue weighted by Gasteiger charge is -2.08. The summed E-state index contributed by atoms with van der Waals surface area (Å²) in [5, 5.41) is 11.9. The maximum Gasteiger partial charge on any atom is 0.341 e. The number of methoxy groups -OCH3 is 1. The zero-order chi connectivity index (χ0) is 22.4. The molecule has 2 aromatic heterocycles. The minimum absolute atomic E-state index is 0.0630. The molecule has 0 aliphatic heterocycles. The van der Waals surface area contributed by atoms with Crippen molar-refractivity contribution in [3.05, 3.63) is 34.5 Å². The third kappa shape index (κ3) is 5.08. The third-order valence-electron chi connectivity index (χ3n) is 4.14. The molecule has 0 saturated heterocycles. The van der Waals surface area contributed by atoms with Crippen LogP contribution in [0.3, 0.4) is 0 Å². The Morgan fingerprint density at radius 2 is 2.03 bits per heavy atom. The highest BCUT2D eigenvalue weighted by Crippen LogP contribution is 2.34. The van der Waals surface area contributed by atoms with Gasteiger partial charge in [-0.25, -0.2) is 4.79 Å². The van der Waals surface area contributed by atoms with Gasteiger partial charge in [-0.2, -0.15) is 0 Å². The van der Waals surface area contributed by atoms with Gasteiger partial charge in [-0.1, -0.05) is 24.8 Å². The zero-order valence-electron chi connectivity index (χ0n) is 17.6. The first-order valence-corrected chi connectivity index (χ1v) is 10.9. The Hall–Kier alpha value is -2.66. The average Bonchev–Trinajstić information content (AvgIpc) is 3.25. The molecule has 1 N–H and O–H groups in total. The quantitative estimate of drug-likeness (QED) is 0.355. The van der Waals surface area contributed by atoms with Crippen molar-refractivity contribution in [2.75, 3.05) is 32.3 Å². The van der Waals surface area contributed by atoms with E-state index in [-0.39, 0.29) is 28.1 Å². The first-order chi connectivity index (χ1) is 14.2. The van der Waals surface area contributed by atoms with Crippen LogP contribution in [-0.2, 0) is 22.5 Å². The highest BCUT2D eigenvalue weighted by molar-refractivity contribution is 7.99. The Kier molecular flexibility index (Phi) is 8.18. The van der Waals surface area contributed by atoms with Crippen molar-refractivity contribution in [3.8, 4) is 0 Å². The largest absolute Gasteiger partial charge is 0.465 e. The van der Waals surface area contributed by atoms with Crippen LogP contribution < -0.4 is 5.32 Å². The van der Waals surface area contributed by atoms with E-state index in [9.17, 15) is 14.4 Å². The molecule has 0 fully saturated rings. The molecular formula is C19H25N5O4S2. The monoisotopic (exact) mass is 451 g/mol. The number of thiophene rings is 1. The molecule has 9 nitrogen and oxygen atoms in total. The van der Waals surface area contributed by atoms with Crippen molar-refractivity contribution in [1.29, 1.82) is 0 Å². The predicted molar refractivity (Wildman–Crippen MR) is 117 cm³/mol. The van der Waals surface area contributed by atoms with E-state index < -0.39 is 5.97 Å². The van der Waals surface area contributed by atoms with E-state index in [1.165, 1.54) is 23.8 Å². The van der Waals surface area contributed by atoms with E-state index in [4.69, 9.17) is 4.74 Å². The third-order valence-corrected chi connectivity index (χ3v) is 6.31. The van der Waals surface area contributed by atoms with Gasteiger partial charge in [-0.15, -0.1) is 28.1 Å². The molecular weight excluding hydrogens is 426 g/mol. The minimum Gasteiger partial charge on any atom is -0.465 e. The maximum atomic E-state index is 12.6. The minimum atomic E-state index is -0.608. The van der Waals surface area contributed by atoms with Crippen LogP contribution in [0.15, 0.2) is 17.8 Å². The van der Waals surface area contributed by atoms with Crippen molar-refractivity contribution in [2.24, 2.45) is 0 Å². The summed E-state index contributed by atoms with van der Waals surface area (Å²) in [7, 11) is 4.50. The number of rotatable bonds is 9. The van der Waals surface area contributed by atoms with Crippen LogP contribution in [0.4, 0.5) is 5.00 Å². The van der Waals surface area contributed by atoms with E-state index in [1.54, 1.807) is 27.1 Å². The Morgan fingerprint density at radius 3 is 2.60 bits per heavy atom. The lowest BCUT2D eigenvalue weighted by molar-refractivity contribution is -0.113. The molecule has 0 radical (unpaired) electrons. The number of allylic oxidation sites excluding steroid dienone is 1. The van der Waals surface area contributed by atoms with E-state index in [2.05, 4.69) is 22.1 Å². The average molecular weight is 452 g/mol. The number of carbonyl (C=O) groups excluding carboxylic acids is 3. The standard InChI is InChI=1S/C19H25N5O4S2/c1-7-9-24-12(8-2)21-22-19(24)29-10-13(25)20-16-14(18(27)28-6)11(3)15(30-16)17(26)23(4)5/h7H,1,8-10H2,2-6H3,(H,20,25). The molecule has 0 aromatic carbocycles. The van der Waals surface area contributed by atoms with E-state index >= 15 is 0 Å². The molecule has 2 heterocycles. The number of nitrogens with zero attached hydrogens (tertiary/aromatic N) is 4. The Labute approximate surface area is 183 Å². The highest BCUT2D eigenvalue weighted by atomic mass is 32.2. The first kappa shape index (κ1) is 23.6. The number of hydrogen-bond acceptors (Lipinski definition) is 8. The number of aromatic nitrogens is 3. The summed E-state index contributed by atoms with van der Waals surface area (Å²) in [4.78, 5) is 39.0. The van der Waals surface area contributed by atoms with Gasteiger partial charge in [0.25, 0.3) is 5.91 Å². The SMILES string of the molecule is C=CCn1c(CC)nnc1SCC(=O)Nc1sc(C(=O)N(C)C)c(C)c1C(=O)OC. The zero-order valence-corrected chi connectivity index (χ0v) is 19.3. The van der Waals surface area contributed by atoms with Gasteiger partial charge < -0.3 is 19.5 Å². The summed E-state index contributed by atoms with van der Waals surface area (Å²) >= 11 is 2.29. The number of hydrogen-bond donors (Lipinski definition) is 1. The molecule has 0 spiro atoms. The second kappa shape index (κ2) is 10.4. The fourth-order valence-corrected chi connectivity index (χ4v) is 4.65. The fraction of sp³-hybridized carbons (Fsp3) is 0.421. The normalized spacial score (nSPS) is 10.6. The summed E-state index contributed by atoms with van der Waals surface area (Å²) < 4.78 is 6.73. The maximum absolute atomic E-state index is 12.6. The summed E-state index contributed by atoms with van der Waals surface area (Å²) in [5.41, 5.74) is 0.668. The number of aryl methyl sites for hydroxylation is 1. The molecule has 0 atom stereocenters. The van der Waals surface area contributed by atoms with Gasteiger partial charge in [0.1, 0.15) is 10.8 Å². The molecule has 11 heteroatoms. The second-order valence-corrected chi connectivity index (χ2v) is 8.40. The number of esters is 1. The Bertz CT molecular complexity index is 965. The lowest BCUT2D eigenvalue weighted by atomic mass is 10.1. The number of ether oxygens (including phenoxy) is 1.